The lowest BCUT2D eigenvalue weighted by atomic mass is 9.88. The normalized spacial score (nSPS) is 20.3. The lowest BCUT2D eigenvalue weighted by Crippen LogP contribution is -2.23. The SMILES string of the molecule is COc1cc(C2c3ccccc3OC2CO)ccc1O. The summed E-state index contributed by atoms with van der Waals surface area (Å²) < 4.78 is 10.9. The number of para-hydroxylation sites is 1. The molecule has 2 aromatic rings. The molecule has 0 amide bonds. The van der Waals surface area contributed by atoms with E-state index in [0.29, 0.717) is 5.75 Å². The molecule has 0 bridgehead atoms. The number of hydrogen-bond acceptors (Lipinski definition) is 4. The Morgan fingerprint density at radius 1 is 1.20 bits per heavy atom. The van der Waals surface area contributed by atoms with E-state index in [2.05, 4.69) is 0 Å². The van der Waals surface area contributed by atoms with Crippen molar-refractivity contribution < 1.29 is 19.7 Å². The molecule has 1 aliphatic heterocycles. The third-order valence-corrected chi connectivity index (χ3v) is 3.65. The van der Waals surface area contributed by atoms with Crippen molar-refractivity contribution in [3.05, 3.63) is 53.6 Å². The van der Waals surface area contributed by atoms with Crippen LogP contribution in [0.25, 0.3) is 0 Å². The Balaban J connectivity index is 2.07. The molecule has 0 aliphatic carbocycles. The van der Waals surface area contributed by atoms with Gasteiger partial charge in [0.1, 0.15) is 11.9 Å². The van der Waals surface area contributed by atoms with Gasteiger partial charge >= 0.3 is 0 Å². The van der Waals surface area contributed by atoms with Crippen LogP contribution >= 0.6 is 0 Å². The molecule has 2 N–H and O–H groups in total. The number of ether oxygens (including phenoxy) is 2. The minimum Gasteiger partial charge on any atom is -0.504 e. The topological polar surface area (TPSA) is 58.9 Å². The molecule has 2 unspecified atom stereocenters. The molecule has 3 rings (SSSR count). The summed E-state index contributed by atoms with van der Waals surface area (Å²) in [5.41, 5.74) is 1.99. The smallest absolute Gasteiger partial charge is 0.160 e. The van der Waals surface area contributed by atoms with Crippen LogP contribution in [0.5, 0.6) is 17.2 Å². The van der Waals surface area contributed by atoms with E-state index in [1.807, 2.05) is 30.3 Å². The summed E-state index contributed by atoms with van der Waals surface area (Å²) >= 11 is 0. The average molecular weight is 272 g/mol. The Labute approximate surface area is 117 Å². The van der Waals surface area contributed by atoms with Crippen molar-refractivity contribution in [2.45, 2.75) is 12.0 Å². The van der Waals surface area contributed by atoms with Crippen molar-refractivity contribution in [3.8, 4) is 17.2 Å². The first kappa shape index (κ1) is 12.8. The van der Waals surface area contributed by atoms with Crippen molar-refractivity contribution >= 4 is 0 Å². The predicted octanol–water partition coefficient (Wildman–Crippen LogP) is 2.29. The van der Waals surface area contributed by atoms with Crippen LogP contribution in [-0.4, -0.2) is 30.0 Å². The lowest BCUT2D eigenvalue weighted by Gasteiger charge is -2.18. The molecule has 2 atom stereocenters. The molecule has 4 heteroatoms. The molecule has 2 aromatic carbocycles. The van der Waals surface area contributed by atoms with Gasteiger partial charge in [0, 0.05) is 5.56 Å². The number of hydrogen-bond donors (Lipinski definition) is 2. The second kappa shape index (κ2) is 5.06. The third kappa shape index (κ3) is 1.98. The Bertz CT molecular complexity index is 624. The number of aromatic hydroxyl groups is 1. The van der Waals surface area contributed by atoms with E-state index in [1.165, 1.54) is 7.11 Å². The zero-order valence-electron chi connectivity index (χ0n) is 11.1. The zero-order valence-corrected chi connectivity index (χ0v) is 11.1. The summed E-state index contributed by atoms with van der Waals surface area (Å²) in [6.45, 7) is -0.0669. The first-order chi connectivity index (χ1) is 9.74. The maximum Gasteiger partial charge on any atom is 0.160 e. The van der Waals surface area contributed by atoms with Crippen molar-refractivity contribution in [2.24, 2.45) is 0 Å². The van der Waals surface area contributed by atoms with Crippen LogP contribution in [0.15, 0.2) is 42.5 Å². The molecule has 104 valence electrons. The molecule has 1 heterocycles. The number of phenolic OH excluding ortho intramolecular Hbond substituents is 1. The van der Waals surface area contributed by atoms with Crippen LogP contribution in [0, 0.1) is 0 Å². The highest BCUT2D eigenvalue weighted by molar-refractivity contribution is 5.51. The van der Waals surface area contributed by atoms with Crippen LogP contribution in [0.4, 0.5) is 0 Å². The second-order valence-corrected chi connectivity index (χ2v) is 4.79. The predicted molar refractivity (Wildman–Crippen MR) is 74.4 cm³/mol. The molecule has 4 nitrogen and oxygen atoms in total. The van der Waals surface area contributed by atoms with E-state index in [1.54, 1.807) is 12.1 Å². The molecule has 0 radical (unpaired) electrons. The van der Waals surface area contributed by atoms with Crippen LogP contribution in [0.3, 0.4) is 0 Å². The van der Waals surface area contributed by atoms with Gasteiger partial charge in [0.15, 0.2) is 11.5 Å². The molecule has 20 heavy (non-hydrogen) atoms. The van der Waals surface area contributed by atoms with E-state index in [0.717, 1.165) is 16.9 Å². The highest BCUT2D eigenvalue weighted by Gasteiger charge is 2.35. The number of aliphatic hydroxyl groups is 1. The summed E-state index contributed by atoms with van der Waals surface area (Å²) in [5, 5.41) is 19.2. The van der Waals surface area contributed by atoms with Gasteiger partial charge in [-0.05, 0) is 23.8 Å². The van der Waals surface area contributed by atoms with Crippen molar-refractivity contribution in [3.63, 3.8) is 0 Å². The van der Waals surface area contributed by atoms with Gasteiger partial charge in [-0.15, -0.1) is 0 Å². The Hall–Kier alpha value is -2.20. The molecule has 0 fully saturated rings. The van der Waals surface area contributed by atoms with E-state index in [-0.39, 0.29) is 24.4 Å². The summed E-state index contributed by atoms with van der Waals surface area (Å²) in [5.74, 6) is 1.25. The fourth-order valence-electron chi connectivity index (χ4n) is 2.70. The highest BCUT2D eigenvalue weighted by atomic mass is 16.5. The maximum absolute atomic E-state index is 9.69. The van der Waals surface area contributed by atoms with Crippen molar-refractivity contribution in [1.82, 2.24) is 0 Å². The number of fused-ring (bicyclic) bond motifs is 1. The van der Waals surface area contributed by atoms with E-state index in [9.17, 15) is 10.2 Å². The minimum absolute atomic E-state index is 0.0642. The number of methoxy groups -OCH3 is 1. The van der Waals surface area contributed by atoms with Crippen LogP contribution in [-0.2, 0) is 0 Å². The van der Waals surface area contributed by atoms with Gasteiger partial charge in [0.05, 0.1) is 19.6 Å². The molecule has 0 saturated carbocycles. The molecular weight excluding hydrogens is 256 g/mol. The summed E-state index contributed by atoms with van der Waals surface area (Å²) in [4.78, 5) is 0. The first-order valence-electron chi connectivity index (χ1n) is 6.48. The zero-order chi connectivity index (χ0) is 14.1. The standard InChI is InChI=1S/C16H16O4/c1-19-14-8-10(6-7-12(14)18)16-11-4-2-3-5-13(11)20-15(16)9-17/h2-8,15-18H,9H2,1H3. The van der Waals surface area contributed by atoms with Gasteiger partial charge in [-0.2, -0.15) is 0 Å². The highest BCUT2D eigenvalue weighted by Crippen LogP contribution is 2.43. The maximum atomic E-state index is 9.69. The molecule has 0 saturated heterocycles. The Morgan fingerprint density at radius 2 is 2.00 bits per heavy atom. The molecule has 0 aromatic heterocycles. The van der Waals surface area contributed by atoms with Crippen LogP contribution in [0.2, 0.25) is 0 Å². The van der Waals surface area contributed by atoms with Gasteiger partial charge in [-0.25, -0.2) is 0 Å². The Kier molecular flexibility index (Phi) is 3.24. The van der Waals surface area contributed by atoms with E-state index >= 15 is 0 Å². The molecular formula is C16H16O4. The quantitative estimate of drug-likeness (QED) is 0.900. The largest absolute Gasteiger partial charge is 0.504 e. The molecule has 0 spiro atoms. The average Bonchev–Trinajstić information content (AvgIpc) is 2.86. The monoisotopic (exact) mass is 272 g/mol. The minimum atomic E-state index is -0.318. The summed E-state index contributed by atoms with van der Waals surface area (Å²) in [6, 6.07) is 13.0. The third-order valence-electron chi connectivity index (χ3n) is 3.65. The van der Waals surface area contributed by atoms with E-state index < -0.39 is 0 Å². The lowest BCUT2D eigenvalue weighted by molar-refractivity contribution is 0.124. The van der Waals surface area contributed by atoms with E-state index in [4.69, 9.17) is 9.47 Å². The Morgan fingerprint density at radius 3 is 2.75 bits per heavy atom. The number of benzene rings is 2. The van der Waals surface area contributed by atoms with Crippen LogP contribution < -0.4 is 9.47 Å². The summed E-state index contributed by atoms with van der Waals surface area (Å²) in [6.07, 6.45) is -0.318. The van der Waals surface area contributed by atoms with Crippen molar-refractivity contribution in [2.75, 3.05) is 13.7 Å². The first-order valence-corrected chi connectivity index (χ1v) is 6.48. The van der Waals surface area contributed by atoms with Gasteiger partial charge in [-0.1, -0.05) is 24.3 Å². The number of phenols is 1. The van der Waals surface area contributed by atoms with Gasteiger partial charge in [-0.3, -0.25) is 0 Å². The number of rotatable bonds is 3. The fraction of sp³-hybridized carbons (Fsp3) is 0.250. The van der Waals surface area contributed by atoms with Gasteiger partial charge in [0.25, 0.3) is 0 Å². The molecule has 1 aliphatic rings. The number of aliphatic hydroxyl groups excluding tert-OH is 1. The van der Waals surface area contributed by atoms with Gasteiger partial charge in [0.2, 0.25) is 0 Å². The van der Waals surface area contributed by atoms with Gasteiger partial charge < -0.3 is 19.7 Å². The van der Waals surface area contributed by atoms with Crippen molar-refractivity contribution in [1.29, 1.82) is 0 Å². The van der Waals surface area contributed by atoms with Crippen LogP contribution in [0.1, 0.15) is 17.0 Å². The fourth-order valence-corrected chi connectivity index (χ4v) is 2.70. The summed E-state index contributed by atoms with van der Waals surface area (Å²) in [7, 11) is 1.52. The second-order valence-electron chi connectivity index (χ2n) is 4.79.